The molecule has 0 bridgehead atoms. The molecule has 428 valence electrons. The zero-order valence-corrected chi connectivity index (χ0v) is 50.1. The van der Waals surface area contributed by atoms with Gasteiger partial charge in [-0.15, -0.1) is 0 Å². The van der Waals surface area contributed by atoms with E-state index in [1.54, 1.807) is 0 Å². The van der Waals surface area contributed by atoms with Gasteiger partial charge in [0.1, 0.15) is 0 Å². The van der Waals surface area contributed by atoms with Crippen LogP contribution in [0.4, 0.5) is 0 Å². The quantitative estimate of drug-likeness (QED) is 0.0346. The molecule has 0 aromatic rings. The molecule has 0 heterocycles. The van der Waals surface area contributed by atoms with Gasteiger partial charge in [0.15, 0.2) is 0 Å². The molecule has 0 N–H and O–H groups in total. The average molecular weight is 1010 g/mol. The third kappa shape index (κ3) is 54.9. The van der Waals surface area contributed by atoms with Gasteiger partial charge in [-0.25, -0.2) is 0 Å². The third-order valence-electron chi connectivity index (χ3n) is 16.0. The van der Waals surface area contributed by atoms with Crippen molar-refractivity contribution in [1.82, 2.24) is 4.90 Å². The lowest BCUT2D eigenvalue weighted by Gasteiger charge is -2.27. The van der Waals surface area contributed by atoms with Crippen molar-refractivity contribution >= 4 is 11.9 Å². The van der Waals surface area contributed by atoms with Gasteiger partial charge in [0.2, 0.25) is 5.91 Å². The Kier molecular flexibility index (Phi) is 61.1. The van der Waals surface area contributed by atoms with Gasteiger partial charge in [-0.2, -0.15) is 0 Å². The number of carbonyl (C=O) groups excluding carboxylic acids is 2. The predicted molar refractivity (Wildman–Crippen MR) is 321 cm³/mol. The highest BCUT2D eigenvalue weighted by atomic mass is 16.5. The predicted octanol–water partition coefficient (Wildman–Crippen LogP) is 23.5. The number of nitrogens with zero attached hydrogens (tertiary/aromatic N) is 1. The van der Waals surface area contributed by atoms with Gasteiger partial charge in [0.05, 0.1) is 18.9 Å². The molecule has 0 radical (unpaired) electrons. The van der Waals surface area contributed by atoms with Gasteiger partial charge >= 0.3 is 5.97 Å². The molecule has 0 aliphatic carbocycles. The topological polar surface area (TPSA) is 46.6 Å². The van der Waals surface area contributed by atoms with Crippen LogP contribution in [-0.4, -0.2) is 36.5 Å². The summed E-state index contributed by atoms with van der Waals surface area (Å²) in [5.74, 6) is -0.322. The number of carbonyl (C=O) groups is 2. The van der Waals surface area contributed by atoms with Crippen LogP contribution in [0.5, 0.6) is 0 Å². The van der Waals surface area contributed by atoms with E-state index in [0.29, 0.717) is 13.0 Å². The Morgan fingerprint density at radius 2 is 0.569 bits per heavy atom. The van der Waals surface area contributed by atoms with Crippen molar-refractivity contribution in [3.63, 3.8) is 0 Å². The van der Waals surface area contributed by atoms with E-state index in [4.69, 9.17) is 4.74 Å². The van der Waals surface area contributed by atoms with E-state index in [9.17, 15) is 9.59 Å². The normalized spacial score (nSPS) is 12.1. The molecule has 4 heteroatoms. The maximum atomic E-state index is 14.2. The summed E-state index contributed by atoms with van der Waals surface area (Å²) in [7, 11) is 0. The molecule has 0 aliphatic rings. The lowest BCUT2D eigenvalue weighted by molar-refractivity contribution is -0.149. The molecule has 72 heavy (non-hydrogen) atoms. The van der Waals surface area contributed by atoms with Gasteiger partial charge < -0.3 is 9.64 Å². The number of ether oxygens (including phenoxy) is 1. The minimum Gasteiger partial charge on any atom is -0.466 e. The van der Waals surface area contributed by atoms with Crippen LogP contribution < -0.4 is 0 Å². The smallest absolute Gasteiger partial charge is 0.306 e. The first-order valence-electron chi connectivity index (χ1n) is 33.7. The van der Waals surface area contributed by atoms with Crippen LogP contribution in [-0.2, 0) is 14.3 Å². The van der Waals surface area contributed by atoms with E-state index >= 15 is 0 Å². The zero-order chi connectivity index (χ0) is 52.2. The van der Waals surface area contributed by atoms with Gasteiger partial charge in [-0.3, -0.25) is 9.59 Å². The monoisotopic (exact) mass is 1010 g/mol. The van der Waals surface area contributed by atoms with Crippen molar-refractivity contribution in [1.29, 1.82) is 0 Å². The molecule has 0 aromatic heterocycles. The fourth-order valence-corrected chi connectivity index (χ4v) is 10.9. The van der Waals surface area contributed by atoms with Crippen LogP contribution in [0.25, 0.3) is 0 Å². The summed E-state index contributed by atoms with van der Waals surface area (Å²) in [6.45, 7) is 11.2. The molecular formula is C68H133NO3. The van der Waals surface area contributed by atoms with Crippen molar-refractivity contribution in [3.05, 3.63) is 12.2 Å². The lowest BCUT2D eigenvalue weighted by Crippen LogP contribution is -2.38. The van der Waals surface area contributed by atoms with Gasteiger partial charge in [0, 0.05) is 13.1 Å². The summed E-state index contributed by atoms with van der Waals surface area (Å²) in [5.41, 5.74) is 0. The van der Waals surface area contributed by atoms with Gasteiger partial charge in [-0.1, -0.05) is 354 Å². The van der Waals surface area contributed by atoms with E-state index in [1.807, 2.05) is 0 Å². The molecule has 1 atom stereocenters. The van der Waals surface area contributed by atoms with Gasteiger partial charge in [0.25, 0.3) is 0 Å². The molecule has 0 fully saturated rings. The van der Waals surface area contributed by atoms with E-state index in [0.717, 1.165) is 45.2 Å². The van der Waals surface area contributed by atoms with Crippen LogP contribution in [0.1, 0.15) is 387 Å². The highest BCUT2D eigenvalue weighted by Crippen LogP contribution is 2.21. The molecular weight excluding hydrogens is 879 g/mol. The molecule has 0 rings (SSSR count). The Morgan fingerprint density at radius 3 is 0.861 bits per heavy atom. The number of amides is 1. The number of unbranched alkanes of at least 4 members (excludes halogenated alkanes) is 50. The Bertz CT molecular complexity index is 1060. The lowest BCUT2D eigenvalue weighted by atomic mass is 9.98. The zero-order valence-electron chi connectivity index (χ0n) is 50.1. The van der Waals surface area contributed by atoms with Crippen molar-refractivity contribution in [2.24, 2.45) is 5.92 Å². The Morgan fingerprint density at radius 1 is 0.319 bits per heavy atom. The standard InChI is InChI=1S/C68H133NO3/c1-5-9-13-17-21-22-23-24-25-26-27-28-29-30-31-32-33-34-35-36-37-38-39-40-41-42-43-44-45-46-47-48-49-50-51-52-53-57-61-66(65-67(70)72-64-60-56-20-16-12-8-4)68(71)69(62-58-54-18-14-10-6-2)63-59-55-19-15-11-7-3/h53,57,66H,5-52,54-56,58-65H2,1-4H3/b57-53+. The van der Waals surface area contributed by atoms with E-state index in [-0.39, 0.29) is 24.2 Å². The fourth-order valence-electron chi connectivity index (χ4n) is 10.9. The number of esters is 1. The highest BCUT2D eigenvalue weighted by Gasteiger charge is 2.26. The van der Waals surface area contributed by atoms with Crippen LogP contribution in [0.15, 0.2) is 12.2 Å². The number of allylic oxidation sites excluding steroid dienone is 2. The average Bonchev–Trinajstić information content (AvgIpc) is 3.38. The van der Waals surface area contributed by atoms with Crippen molar-refractivity contribution < 1.29 is 14.3 Å². The Balaban J connectivity index is 4.07. The van der Waals surface area contributed by atoms with Crippen LogP contribution >= 0.6 is 0 Å². The van der Waals surface area contributed by atoms with E-state index < -0.39 is 0 Å². The largest absolute Gasteiger partial charge is 0.466 e. The number of rotatable bonds is 62. The summed E-state index contributed by atoms with van der Waals surface area (Å²) in [4.78, 5) is 29.4. The number of hydrogen-bond acceptors (Lipinski definition) is 3. The molecule has 4 nitrogen and oxygen atoms in total. The molecule has 0 aliphatic heterocycles. The molecule has 1 amide bonds. The second-order valence-electron chi connectivity index (χ2n) is 23.3. The van der Waals surface area contributed by atoms with Crippen molar-refractivity contribution in [3.8, 4) is 0 Å². The van der Waals surface area contributed by atoms with Crippen LogP contribution in [0, 0.1) is 5.92 Å². The second kappa shape index (κ2) is 62.2. The maximum absolute atomic E-state index is 14.2. The first kappa shape index (κ1) is 70.7. The molecule has 0 aromatic carbocycles. The molecule has 0 saturated carbocycles. The maximum Gasteiger partial charge on any atom is 0.306 e. The Hall–Kier alpha value is -1.32. The van der Waals surface area contributed by atoms with E-state index in [1.165, 1.54) is 315 Å². The number of hydrogen-bond donors (Lipinski definition) is 0. The minimum atomic E-state index is -0.314. The molecule has 0 saturated heterocycles. The summed E-state index contributed by atoms with van der Waals surface area (Å²) in [6, 6.07) is 0. The molecule has 0 spiro atoms. The molecule has 1 unspecified atom stereocenters. The minimum absolute atomic E-state index is 0.180. The summed E-state index contributed by atoms with van der Waals surface area (Å²) >= 11 is 0. The second-order valence-corrected chi connectivity index (χ2v) is 23.3. The third-order valence-corrected chi connectivity index (χ3v) is 16.0. The highest BCUT2D eigenvalue weighted by molar-refractivity contribution is 5.84. The van der Waals surface area contributed by atoms with Crippen molar-refractivity contribution in [2.45, 2.75) is 387 Å². The van der Waals surface area contributed by atoms with Gasteiger partial charge in [-0.05, 0) is 38.5 Å². The SMILES string of the molecule is CCCCCCCCCCCCCCCCCCCCCCCCCCCCCCCCCCCCC/C=C/CC(CC(=O)OCCCCCCCC)C(=O)N(CCCCCCCC)CCCCCCCC. The van der Waals surface area contributed by atoms with E-state index in [2.05, 4.69) is 44.7 Å². The first-order valence-corrected chi connectivity index (χ1v) is 33.7. The summed E-state index contributed by atoms with van der Waals surface area (Å²) < 4.78 is 5.72. The fraction of sp³-hybridized carbons (Fsp3) is 0.941. The van der Waals surface area contributed by atoms with Crippen molar-refractivity contribution in [2.75, 3.05) is 19.7 Å². The Labute approximate surface area is 454 Å². The van der Waals surface area contributed by atoms with Crippen LogP contribution in [0.2, 0.25) is 0 Å². The van der Waals surface area contributed by atoms with Crippen LogP contribution in [0.3, 0.4) is 0 Å². The first-order chi connectivity index (χ1) is 35.6. The summed E-state index contributed by atoms with van der Waals surface area (Å²) in [6.07, 6.45) is 78.6. The summed E-state index contributed by atoms with van der Waals surface area (Å²) in [5, 5.41) is 0.